The van der Waals surface area contributed by atoms with Gasteiger partial charge in [-0.2, -0.15) is 0 Å². The molecule has 0 aliphatic rings. The fourth-order valence-electron chi connectivity index (χ4n) is 3.06. The maximum atomic E-state index is 12.0. The molecular weight excluding hydrogens is 340 g/mol. The molecule has 0 N–H and O–H groups in total. The van der Waals surface area contributed by atoms with Crippen molar-refractivity contribution in [3.05, 3.63) is 35.4 Å². The fraction of sp³-hybridized carbons (Fsp3) is 0.739. The Hall–Kier alpha value is -0.830. The maximum Gasteiger partial charge on any atom is 0.155 e. The van der Waals surface area contributed by atoms with E-state index >= 15 is 0 Å². The molecule has 0 radical (unpaired) electrons. The minimum absolute atomic E-state index is 0.338. The van der Waals surface area contributed by atoms with Gasteiger partial charge in [0.05, 0.1) is 10.5 Å². The fourth-order valence-corrected chi connectivity index (χ4v) is 4.26. The Balaban J connectivity index is 2.04. The molecule has 1 aromatic rings. The van der Waals surface area contributed by atoms with Gasteiger partial charge < -0.3 is 0 Å². The molecule has 26 heavy (non-hydrogen) atoms. The molecule has 0 fully saturated rings. The van der Waals surface area contributed by atoms with E-state index in [2.05, 4.69) is 31.2 Å². The number of hydrogen-bond donors (Lipinski definition) is 0. The first-order valence-corrected chi connectivity index (χ1v) is 12.2. The number of unbranched alkanes of at least 4 members (excludes halogenated alkanes) is 7. The normalized spacial score (nSPS) is 12.5. The van der Waals surface area contributed by atoms with E-state index in [1.165, 1.54) is 62.5 Å². The van der Waals surface area contributed by atoms with E-state index in [-0.39, 0.29) is 0 Å². The minimum atomic E-state index is -2.94. The molecule has 150 valence electrons. The first-order valence-electron chi connectivity index (χ1n) is 10.6. The average Bonchev–Trinajstić information content (AvgIpc) is 2.58. The van der Waals surface area contributed by atoms with Gasteiger partial charge in [-0.05, 0) is 64.0 Å². The summed E-state index contributed by atoms with van der Waals surface area (Å²) in [5.41, 5.74) is 2.92. The van der Waals surface area contributed by atoms with Crippen molar-refractivity contribution in [2.24, 2.45) is 0 Å². The highest BCUT2D eigenvalue weighted by Crippen LogP contribution is 2.18. The summed E-state index contributed by atoms with van der Waals surface area (Å²) in [5.74, 6) is 0.338. The first-order chi connectivity index (χ1) is 12.3. The number of rotatable bonds is 13. The van der Waals surface area contributed by atoms with Crippen molar-refractivity contribution in [3.8, 4) is 0 Å². The van der Waals surface area contributed by atoms with Crippen LogP contribution in [0.1, 0.15) is 96.6 Å². The molecule has 0 amide bonds. The summed E-state index contributed by atoms with van der Waals surface area (Å²) in [5, 5.41) is 0. The van der Waals surface area contributed by atoms with Crippen LogP contribution in [0.4, 0.5) is 0 Å². The van der Waals surface area contributed by atoms with Gasteiger partial charge in [0.2, 0.25) is 0 Å². The molecule has 0 spiro atoms. The Morgan fingerprint density at radius 1 is 0.692 bits per heavy atom. The largest absolute Gasteiger partial charge is 0.228 e. The van der Waals surface area contributed by atoms with Crippen molar-refractivity contribution in [1.82, 2.24) is 0 Å². The Labute approximate surface area is 162 Å². The zero-order chi connectivity index (χ0) is 19.5. The summed E-state index contributed by atoms with van der Waals surface area (Å²) in [6.07, 6.45) is 12.9. The van der Waals surface area contributed by atoms with Crippen LogP contribution in [0, 0.1) is 0 Å². The van der Waals surface area contributed by atoms with E-state index in [9.17, 15) is 8.42 Å². The first kappa shape index (κ1) is 23.2. The van der Waals surface area contributed by atoms with Gasteiger partial charge in [0.15, 0.2) is 9.84 Å². The topological polar surface area (TPSA) is 34.1 Å². The lowest BCUT2D eigenvalue weighted by atomic mass is 10.0. The molecule has 0 bridgehead atoms. The van der Waals surface area contributed by atoms with Crippen molar-refractivity contribution in [2.45, 2.75) is 103 Å². The van der Waals surface area contributed by atoms with Crippen molar-refractivity contribution < 1.29 is 8.42 Å². The zero-order valence-electron chi connectivity index (χ0n) is 17.5. The van der Waals surface area contributed by atoms with Crippen LogP contribution in [-0.2, 0) is 22.7 Å². The second-order valence-corrected chi connectivity index (χ2v) is 11.4. The van der Waals surface area contributed by atoms with Gasteiger partial charge in [0.1, 0.15) is 0 Å². The SMILES string of the molecule is CCCCc1ccc(CCCCCCCCCS(=O)(=O)C(C)(C)C)cc1. The van der Waals surface area contributed by atoms with Gasteiger partial charge in [-0.3, -0.25) is 0 Å². The van der Waals surface area contributed by atoms with Crippen LogP contribution in [0.3, 0.4) is 0 Å². The van der Waals surface area contributed by atoms with Gasteiger partial charge in [0, 0.05) is 0 Å². The van der Waals surface area contributed by atoms with Gasteiger partial charge >= 0.3 is 0 Å². The van der Waals surface area contributed by atoms with Crippen LogP contribution < -0.4 is 0 Å². The van der Waals surface area contributed by atoms with E-state index in [0.29, 0.717) is 5.75 Å². The third kappa shape index (κ3) is 9.21. The zero-order valence-corrected chi connectivity index (χ0v) is 18.3. The summed E-state index contributed by atoms with van der Waals surface area (Å²) in [6.45, 7) is 7.62. The molecule has 0 aliphatic carbocycles. The molecule has 0 atom stereocenters. The highest BCUT2D eigenvalue weighted by atomic mass is 32.2. The van der Waals surface area contributed by atoms with E-state index in [4.69, 9.17) is 0 Å². The molecule has 0 aliphatic heterocycles. The summed E-state index contributed by atoms with van der Waals surface area (Å²) in [4.78, 5) is 0. The second-order valence-electron chi connectivity index (χ2n) is 8.58. The third-order valence-corrected chi connectivity index (χ3v) is 7.85. The van der Waals surface area contributed by atoms with Crippen LogP contribution in [0.15, 0.2) is 24.3 Å². The van der Waals surface area contributed by atoms with Crippen LogP contribution >= 0.6 is 0 Å². The van der Waals surface area contributed by atoms with E-state index in [0.717, 1.165) is 19.3 Å². The van der Waals surface area contributed by atoms with Crippen molar-refractivity contribution >= 4 is 9.84 Å². The highest BCUT2D eigenvalue weighted by Gasteiger charge is 2.27. The average molecular weight is 381 g/mol. The molecule has 0 saturated heterocycles. The molecule has 1 aromatic carbocycles. The third-order valence-electron chi connectivity index (χ3n) is 5.15. The van der Waals surface area contributed by atoms with Gasteiger partial charge in [-0.25, -0.2) is 8.42 Å². The molecule has 0 aromatic heterocycles. The summed E-state index contributed by atoms with van der Waals surface area (Å²) >= 11 is 0. The number of benzene rings is 1. The Morgan fingerprint density at radius 2 is 1.12 bits per heavy atom. The molecule has 2 nitrogen and oxygen atoms in total. The summed E-state index contributed by atoms with van der Waals surface area (Å²) in [6, 6.07) is 9.16. The van der Waals surface area contributed by atoms with Crippen molar-refractivity contribution in [2.75, 3.05) is 5.75 Å². The van der Waals surface area contributed by atoms with E-state index in [1.807, 2.05) is 0 Å². The van der Waals surface area contributed by atoms with Crippen molar-refractivity contribution in [3.63, 3.8) is 0 Å². The molecule has 0 saturated carbocycles. The molecule has 0 heterocycles. The second kappa shape index (κ2) is 11.8. The summed E-state index contributed by atoms with van der Waals surface area (Å²) in [7, 11) is -2.94. The smallest absolute Gasteiger partial charge is 0.155 e. The predicted molar refractivity (Wildman–Crippen MR) is 115 cm³/mol. The van der Waals surface area contributed by atoms with E-state index in [1.54, 1.807) is 20.8 Å². The van der Waals surface area contributed by atoms with Crippen LogP contribution in [-0.4, -0.2) is 18.9 Å². The Bertz CT molecular complexity index is 580. The van der Waals surface area contributed by atoms with E-state index < -0.39 is 14.6 Å². The maximum absolute atomic E-state index is 12.0. The lowest BCUT2D eigenvalue weighted by Crippen LogP contribution is -2.30. The van der Waals surface area contributed by atoms with Crippen LogP contribution in [0.25, 0.3) is 0 Å². The molecule has 1 rings (SSSR count). The predicted octanol–water partition coefficient (Wildman–Crippen LogP) is 6.52. The van der Waals surface area contributed by atoms with Crippen LogP contribution in [0.5, 0.6) is 0 Å². The van der Waals surface area contributed by atoms with Gasteiger partial charge in [-0.15, -0.1) is 0 Å². The lowest BCUT2D eigenvalue weighted by molar-refractivity contribution is 0.550. The summed E-state index contributed by atoms with van der Waals surface area (Å²) < 4.78 is 23.5. The molecular formula is C23H40O2S. The number of aryl methyl sites for hydroxylation is 2. The van der Waals surface area contributed by atoms with Crippen LogP contribution in [0.2, 0.25) is 0 Å². The van der Waals surface area contributed by atoms with Crippen molar-refractivity contribution in [1.29, 1.82) is 0 Å². The van der Waals surface area contributed by atoms with Gasteiger partial charge in [-0.1, -0.05) is 69.7 Å². The highest BCUT2D eigenvalue weighted by molar-refractivity contribution is 7.92. The minimum Gasteiger partial charge on any atom is -0.228 e. The lowest BCUT2D eigenvalue weighted by Gasteiger charge is -2.18. The number of sulfone groups is 1. The Morgan fingerprint density at radius 3 is 1.58 bits per heavy atom. The molecule has 0 unspecified atom stereocenters. The molecule has 3 heteroatoms. The van der Waals surface area contributed by atoms with Gasteiger partial charge in [0.25, 0.3) is 0 Å². The monoisotopic (exact) mass is 380 g/mol. The quantitative estimate of drug-likeness (QED) is 0.365. The number of hydrogen-bond acceptors (Lipinski definition) is 2. The Kier molecular flexibility index (Phi) is 10.5. The standard InChI is InChI=1S/C23H40O2S/c1-5-6-14-21-16-18-22(19-17-21)15-12-10-8-7-9-11-13-20-26(24,25)23(2,3)4/h16-19H,5-15,20H2,1-4H3.